The summed E-state index contributed by atoms with van der Waals surface area (Å²) < 4.78 is 26.5. The molecule has 2 atom stereocenters. The number of likely N-dealkylation sites (tertiary alicyclic amines) is 2. The average molecular weight is 330 g/mol. The number of rotatable bonds is 3. The zero-order valence-corrected chi connectivity index (χ0v) is 13.1. The van der Waals surface area contributed by atoms with Crippen LogP contribution >= 0.6 is 11.3 Å². The van der Waals surface area contributed by atoms with Gasteiger partial charge in [0, 0.05) is 43.9 Å². The van der Waals surface area contributed by atoms with Crippen LogP contribution in [0.5, 0.6) is 0 Å². The molecule has 2 aliphatic heterocycles. The summed E-state index contributed by atoms with van der Waals surface area (Å²) in [6.45, 7) is 1.28. The van der Waals surface area contributed by atoms with Crippen molar-refractivity contribution in [3.63, 3.8) is 0 Å². The number of thiophene rings is 1. The van der Waals surface area contributed by atoms with Crippen molar-refractivity contribution < 1.29 is 18.7 Å². The van der Waals surface area contributed by atoms with Gasteiger partial charge < -0.3 is 10.0 Å². The van der Waals surface area contributed by atoms with Crippen molar-refractivity contribution in [2.24, 2.45) is 0 Å². The van der Waals surface area contributed by atoms with Crippen LogP contribution in [-0.2, 0) is 11.2 Å². The van der Waals surface area contributed by atoms with Crippen LogP contribution < -0.4 is 0 Å². The van der Waals surface area contributed by atoms with Crippen molar-refractivity contribution in [1.82, 2.24) is 9.80 Å². The smallest absolute Gasteiger partial charge is 0.250 e. The van der Waals surface area contributed by atoms with E-state index in [1.165, 1.54) is 11.3 Å². The Morgan fingerprint density at radius 1 is 1.36 bits per heavy atom. The predicted molar refractivity (Wildman–Crippen MR) is 80.2 cm³/mol. The number of aliphatic hydroxyl groups excluding tert-OH is 1. The molecular weight excluding hydrogens is 310 g/mol. The summed E-state index contributed by atoms with van der Waals surface area (Å²) in [5.74, 6) is -2.60. The molecule has 22 heavy (non-hydrogen) atoms. The molecule has 2 saturated heterocycles. The molecule has 1 aromatic heterocycles. The van der Waals surface area contributed by atoms with Gasteiger partial charge in [-0.05, 0) is 11.4 Å². The average Bonchev–Trinajstić information content (AvgIpc) is 3.09. The Morgan fingerprint density at radius 2 is 2.09 bits per heavy atom. The topological polar surface area (TPSA) is 43.8 Å². The first-order chi connectivity index (χ1) is 10.4. The van der Waals surface area contributed by atoms with Crippen molar-refractivity contribution in [3.8, 4) is 0 Å². The summed E-state index contributed by atoms with van der Waals surface area (Å²) in [4.78, 5) is 16.8. The first-order valence-corrected chi connectivity index (χ1v) is 8.43. The standard InChI is InChI=1S/C15H20F2N2O2S/c16-15(17)3-5-18(6-4-15)12-9-19(10-13(12)20)14(21)8-11-2-1-7-22-11/h1-2,7,12-13,20H,3-6,8-10H2/t12-,13-/m1/s1. The molecule has 1 amide bonds. The molecule has 2 fully saturated rings. The molecular formula is C15H20F2N2O2S. The molecule has 0 radical (unpaired) electrons. The zero-order valence-electron chi connectivity index (χ0n) is 12.3. The highest BCUT2D eigenvalue weighted by molar-refractivity contribution is 7.10. The Hall–Kier alpha value is -1.05. The Morgan fingerprint density at radius 3 is 2.73 bits per heavy atom. The Kier molecular flexibility index (Phi) is 4.47. The minimum Gasteiger partial charge on any atom is -0.390 e. The lowest BCUT2D eigenvalue weighted by Crippen LogP contribution is -2.49. The third-order valence-corrected chi connectivity index (χ3v) is 5.39. The fraction of sp³-hybridized carbons (Fsp3) is 0.667. The number of piperidine rings is 1. The minimum absolute atomic E-state index is 0.00802. The second-order valence-corrected chi connectivity index (χ2v) is 7.11. The van der Waals surface area contributed by atoms with Crippen LogP contribution in [0.25, 0.3) is 0 Å². The zero-order chi connectivity index (χ0) is 15.7. The molecule has 4 nitrogen and oxygen atoms in total. The van der Waals surface area contributed by atoms with Gasteiger partial charge >= 0.3 is 0 Å². The van der Waals surface area contributed by atoms with Gasteiger partial charge in [0.1, 0.15) is 0 Å². The minimum atomic E-state index is -2.59. The second kappa shape index (κ2) is 6.22. The van der Waals surface area contributed by atoms with E-state index in [9.17, 15) is 18.7 Å². The molecule has 0 spiro atoms. The van der Waals surface area contributed by atoms with Gasteiger partial charge in [-0.1, -0.05) is 6.07 Å². The highest BCUT2D eigenvalue weighted by Crippen LogP contribution is 2.30. The number of hydrogen-bond acceptors (Lipinski definition) is 4. The van der Waals surface area contributed by atoms with Crippen LogP contribution in [0.3, 0.4) is 0 Å². The molecule has 0 aromatic carbocycles. The number of halogens is 2. The Labute approximate surface area is 132 Å². The van der Waals surface area contributed by atoms with Gasteiger partial charge in [-0.2, -0.15) is 0 Å². The van der Waals surface area contributed by atoms with Gasteiger partial charge in [-0.3, -0.25) is 9.69 Å². The maximum atomic E-state index is 13.2. The van der Waals surface area contributed by atoms with Crippen molar-refractivity contribution in [2.45, 2.75) is 37.3 Å². The van der Waals surface area contributed by atoms with Crippen molar-refractivity contribution >= 4 is 17.2 Å². The number of hydrogen-bond donors (Lipinski definition) is 1. The van der Waals surface area contributed by atoms with Crippen LogP contribution in [0.2, 0.25) is 0 Å². The van der Waals surface area contributed by atoms with Crippen LogP contribution in [0.15, 0.2) is 17.5 Å². The van der Waals surface area contributed by atoms with E-state index in [2.05, 4.69) is 0 Å². The first kappa shape index (κ1) is 15.8. The van der Waals surface area contributed by atoms with Gasteiger partial charge in [-0.15, -0.1) is 11.3 Å². The predicted octanol–water partition coefficient (Wildman–Crippen LogP) is 1.59. The number of nitrogens with zero attached hydrogens (tertiary/aromatic N) is 2. The van der Waals surface area contributed by atoms with E-state index in [0.29, 0.717) is 19.5 Å². The SMILES string of the molecule is O=C(Cc1cccs1)N1C[C@@H](O)[C@H](N2CCC(F)(F)CC2)C1. The Balaban J connectivity index is 1.56. The fourth-order valence-corrected chi connectivity index (χ4v) is 3.88. The number of amides is 1. The van der Waals surface area contributed by atoms with Crippen molar-refractivity contribution in [2.75, 3.05) is 26.2 Å². The molecule has 0 unspecified atom stereocenters. The van der Waals surface area contributed by atoms with Gasteiger partial charge in [0.05, 0.1) is 18.6 Å². The third-order valence-electron chi connectivity index (χ3n) is 4.52. The van der Waals surface area contributed by atoms with E-state index in [0.717, 1.165) is 4.88 Å². The molecule has 2 aliphatic rings. The first-order valence-electron chi connectivity index (χ1n) is 7.55. The second-order valence-electron chi connectivity index (χ2n) is 6.08. The van der Waals surface area contributed by atoms with E-state index >= 15 is 0 Å². The van der Waals surface area contributed by atoms with Crippen LogP contribution in [0.1, 0.15) is 17.7 Å². The quantitative estimate of drug-likeness (QED) is 0.915. The highest BCUT2D eigenvalue weighted by Gasteiger charge is 2.42. The van der Waals surface area contributed by atoms with Crippen molar-refractivity contribution in [1.29, 1.82) is 0 Å². The molecule has 3 heterocycles. The maximum Gasteiger partial charge on any atom is 0.250 e. The van der Waals surface area contributed by atoms with E-state index in [1.54, 1.807) is 4.90 Å². The summed E-state index contributed by atoms with van der Waals surface area (Å²) in [5.41, 5.74) is 0. The lowest BCUT2D eigenvalue weighted by atomic mass is 10.0. The fourth-order valence-electron chi connectivity index (χ4n) is 3.19. The molecule has 3 rings (SSSR count). The van der Waals surface area contributed by atoms with Gasteiger partial charge in [0.2, 0.25) is 5.91 Å². The number of aliphatic hydroxyl groups is 1. The van der Waals surface area contributed by atoms with E-state index < -0.39 is 12.0 Å². The summed E-state index contributed by atoms with van der Waals surface area (Å²) in [7, 11) is 0. The summed E-state index contributed by atoms with van der Waals surface area (Å²) in [5, 5.41) is 12.1. The third kappa shape index (κ3) is 3.47. The number of alkyl halides is 2. The lowest BCUT2D eigenvalue weighted by Gasteiger charge is -2.36. The number of β-amino-alcohol motifs (C(OH)–C–C–N with tert-alkyl or cyclic N) is 1. The van der Waals surface area contributed by atoms with Gasteiger partial charge in [-0.25, -0.2) is 8.78 Å². The number of carbonyl (C=O) groups excluding carboxylic acids is 1. The van der Waals surface area contributed by atoms with E-state index in [4.69, 9.17) is 0 Å². The summed E-state index contributed by atoms with van der Waals surface area (Å²) >= 11 is 1.54. The largest absolute Gasteiger partial charge is 0.390 e. The van der Waals surface area contributed by atoms with Crippen molar-refractivity contribution in [3.05, 3.63) is 22.4 Å². The molecule has 0 aliphatic carbocycles. The summed E-state index contributed by atoms with van der Waals surface area (Å²) in [6.07, 6.45) is -0.646. The van der Waals surface area contributed by atoms with Gasteiger partial charge in [0.25, 0.3) is 5.92 Å². The lowest BCUT2D eigenvalue weighted by molar-refractivity contribution is -0.129. The molecule has 122 valence electrons. The van der Waals surface area contributed by atoms with Gasteiger partial charge in [0.15, 0.2) is 0 Å². The van der Waals surface area contributed by atoms with E-state index in [-0.39, 0.29) is 37.9 Å². The number of carbonyl (C=O) groups is 1. The normalized spacial score (nSPS) is 29.0. The molecule has 7 heteroatoms. The summed E-state index contributed by atoms with van der Waals surface area (Å²) in [6, 6.07) is 3.60. The maximum absolute atomic E-state index is 13.2. The molecule has 1 aromatic rings. The molecule has 0 saturated carbocycles. The molecule has 1 N–H and O–H groups in total. The van der Waals surface area contributed by atoms with Crippen LogP contribution in [0.4, 0.5) is 8.78 Å². The monoisotopic (exact) mass is 330 g/mol. The Bertz CT molecular complexity index is 514. The highest BCUT2D eigenvalue weighted by atomic mass is 32.1. The van der Waals surface area contributed by atoms with Crippen LogP contribution in [-0.4, -0.2) is 65.1 Å². The molecule has 0 bridgehead atoms. The van der Waals surface area contributed by atoms with Crippen LogP contribution in [0, 0.1) is 0 Å². The van der Waals surface area contributed by atoms with E-state index in [1.807, 2.05) is 22.4 Å².